The van der Waals surface area contributed by atoms with Crippen molar-refractivity contribution < 1.29 is 24.2 Å². The van der Waals surface area contributed by atoms with E-state index in [0.29, 0.717) is 11.5 Å². The van der Waals surface area contributed by atoms with Gasteiger partial charge < -0.3 is 30.1 Å². The minimum Gasteiger partial charge on any atom is -0.478 e. The predicted octanol–water partition coefficient (Wildman–Crippen LogP) is 0.826. The van der Waals surface area contributed by atoms with Crippen molar-refractivity contribution in [2.24, 2.45) is 5.73 Å². The average Bonchev–Trinajstić information content (AvgIpc) is 3.01. The summed E-state index contributed by atoms with van der Waals surface area (Å²) in [5.74, 6) is 0.373. The zero-order valence-electron chi connectivity index (χ0n) is 13.5. The van der Waals surface area contributed by atoms with E-state index in [9.17, 15) is 9.59 Å². The predicted molar refractivity (Wildman–Crippen MR) is 87.9 cm³/mol. The molecule has 0 radical (unpaired) electrons. The second kappa shape index (κ2) is 8.21. The molecule has 3 rings (SSSR count). The van der Waals surface area contributed by atoms with Crippen LogP contribution < -0.4 is 15.2 Å². The summed E-state index contributed by atoms with van der Waals surface area (Å²) in [7, 11) is 2.04. The van der Waals surface area contributed by atoms with E-state index in [1.807, 2.05) is 7.05 Å². The molecule has 130 valence electrons. The SMILES string of the molecule is CN1CCN(C(N)=O)CC1.O=C(O)/C=C/c1ccc2c(c1)OCO2. The van der Waals surface area contributed by atoms with Crippen LogP contribution in [0.1, 0.15) is 5.56 Å². The Bertz CT molecular complexity index is 624. The normalized spacial score (nSPS) is 16.6. The number of amides is 2. The number of ether oxygens (including phenoxy) is 2. The average molecular weight is 335 g/mol. The van der Waals surface area contributed by atoms with Crippen molar-refractivity contribution in [3.63, 3.8) is 0 Å². The van der Waals surface area contributed by atoms with E-state index in [1.54, 1.807) is 23.1 Å². The minimum absolute atomic E-state index is 0.224. The molecule has 1 saturated heterocycles. The van der Waals surface area contributed by atoms with Gasteiger partial charge in [0, 0.05) is 32.3 Å². The number of fused-ring (bicyclic) bond motifs is 1. The van der Waals surface area contributed by atoms with Crippen molar-refractivity contribution in [1.29, 1.82) is 0 Å². The van der Waals surface area contributed by atoms with Crippen LogP contribution in [-0.4, -0.2) is 66.9 Å². The Morgan fingerprint density at radius 3 is 2.46 bits per heavy atom. The van der Waals surface area contributed by atoms with Gasteiger partial charge in [-0.1, -0.05) is 6.07 Å². The van der Waals surface area contributed by atoms with Gasteiger partial charge in [0.25, 0.3) is 0 Å². The molecule has 1 aromatic carbocycles. The highest BCUT2D eigenvalue weighted by molar-refractivity contribution is 5.85. The number of rotatable bonds is 2. The van der Waals surface area contributed by atoms with Crippen LogP contribution in [0.25, 0.3) is 6.08 Å². The first-order chi connectivity index (χ1) is 11.5. The third-order valence-electron chi connectivity index (χ3n) is 3.63. The minimum atomic E-state index is -0.970. The van der Waals surface area contributed by atoms with Gasteiger partial charge in [0.1, 0.15) is 0 Å². The second-order valence-corrected chi connectivity index (χ2v) is 5.41. The molecule has 0 saturated carbocycles. The third kappa shape index (κ3) is 5.17. The molecule has 0 unspecified atom stereocenters. The van der Waals surface area contributed by atoms with Gasteiger partial charge >= 0.3 is 12.0 Å². The van der Waals surface area contributed by atoms with Crippen molar-refractivity contribution in [2.75, 3.05) is 40.0 Å². The first-order valence-corrected chi connectivity index (χ1v) is 7.49. The molecule has 2 heterocycles. The van der Waals surface area contributed by atoms with Crippen LogP contribution in [0.4, 0.5) is 4.79 Å². The summed E-state index contributed by atoms with van der Waals surface area (Å²) < 4.78 is 10.3. The fraction of sp³-hybridized carbons (Fsp3) is 0.375. The topological polar surface area (TPSA) is 105 Å². The number of carboxylic acids is 1. The number of likely N-dealkylation sites (N-methyl/N-ethyl adjacent to an activating group) is 1. The highest BCUT2D eigenvalue weighted by Crippen LogP contribution is 2.32. The largest absolute Gasteiger partial charge is 0.478 e. The van der Waals surface area contributed by atoms with Crippen LogP contribution >= 0.6 is 0 Å². The number of hydrogen-bond acceptors (Lipinski definition) is 5. The molecule has 0 aromatic heterocycles. The van der Waals surface area contributed by atoms with Crippen molar-refractivity contribution in [3.8, 4) is 11.5 Å². The maximum atomic E-state index is 10.6. The number of aliphatic carboxylic acids is 1. The molecule has 0 bridgehead atoms. The molecule has 8 heteroatoms. The smallest absolute Gasteiger partial charge is 0.328 e. The molecule has 2 amide bonds. The molecule has 24 heavy (non-hydrogen) atoms. The fourth-order valence-corrected chi connectivity index (χ4v) is 2.21. The van der Waals surface area contributed by atoms with Gasteiger partial charge in [-0.25, -0.2) is 9.59 Å². The number of nitrogens with two attached hydrogens (primary N) is 1. The van der Waals surface area contributed by atoms with Gasteiger partial charge in [0.2, 0.25) is 6.79 Å². The van der Waals surface area contributed by atoms with Gasteiger partial charge in [0.15, 0.2) is 11.5 Å². The number of carboxylic acid groups (broad SMARTS) is 1. The van der Waals surface area contributed by atoms with Crippen molar-refractivity contribution in [3.05, 3.63) is 29.8 Å². The summed E-state index contributed by atoms with van der Waals surface area (Å²) >= 11 is 0. The number of benzene rings is 1. The lowest BCUT2D eigenvalue weighted by atomic mass is 10.2. The number of hydrogen-bond donors (Lipinski definition) is 2. The molecule has 8 nitrogen and oxygen atoms in total. The van der Waals surface area contributed by atoms with Crippen LogP contribution in [-0.2, 0) is 4.79 Å². The van der Waals surface area contributed by atoms with Gasteiger partial charge in [-0.2, -0.15) is 0 Å². The summed E-state index contributed by atoms with van der Waals surface area (Å²) in [6.07, 6.45) is 2.59. The van der Waals surface area contributed by atoms with Gasteiger partial charge in [0.05, 0.1) is 0 Å². The van der Waals surface area contributed by atoms with Crippen molar-refractivity contribution >= 4 is 18.1 Å². The van der Waals surface area contributed by atoms with Crippen LogP contribution in [0.15, 0.2) is 24.3 Å². The highest BCUT2D eigenvalue weighted by Gasteiger charge is 2.15. The molecule has 1 aromatic rings. The van der Waals surface area contributed by atoms with Crippen molar-refractivity contribution in [2.45, 2.75) is 0 Å². The summed E-state index contributed by atoms with van der Waals surface area (Å²) in [5, 5.41) is 8.43. The lowest BCUT2D eigenvalue weighted by molar-refractivity contribution is -0.131. The molecule has 0 spiro atoms. The second-order valence-electron chi connectivity index (χ2n) is 5.41. The van der Waals surface area contributed by atoms with Crippen LogP contribution in [0, 0.1) is 0 Å². The Morgan fingerprint density at radius 2 is 1.83 bits per heavy atom. The van der Waals surface area contributed by atoms with Gasteiger partial charge in [-0.05, 0) is 30.8 Å². The molecule has 2 aliphatic heterocycles. The number of primary amides is 1. The number of urea groups is 1. The number of nitrogens with zero attached hydrogens (tertiary/aromatic N) is 2. The Labute approximate surface area is 140 Å². The summed E-state index contributed by atoms with van der Waals surface area (Å²) in [6, 6.07) is 4.96. The van der Waals surface area contributed by atoms with E-state index >= 15 is 0 Å². The quantitative estimate of drug-likeness (QED) is 0.776. The van der Waals surface area contributed by atoms with Crippen molar-refractivity contribution in [1.82, 2.24) is 9.80 Å². The molecule has 0 aliphatic carbocycles. The molecule has 1 fully saturated rings. The Morgan fingerprint density at radius 1 is 1.17 bits per heavy atom. The van der Waals surface area contributed by atoms with E-state index in [4.69, 9.17) is 20.3 Å². The maximum Gasteiger partial charge on any atom is 0.328 e. The molecule has 2 aliphatic rings. The van der Waals surface area contributed by atoms with E-state index in [1.165, 1.54) is 6.08 Å². The summed E-state index contributed by atoms with van der Waals surface area (Å²) in [6.45, 7) is 3.63. The molecule has 3 N–H and O–H groups in total. The van der Waals surface area contributed by atoms with E-state index in [-0.39, 0.29) is 12.8 Å². The maximum absolute atomic E-state index is 10.6. The lowest BCUT2D eigenvalue weighted by Gasteiger charge is -2.30. The van der Waals surface area contributed by atoms with E-state index in [0.717, 1.165) is 37.8 Å². The zero-order chi connectivity index (χ0) is 17.5. The lowest BCUT2D eigenvalue weighted by Crippen LogP contribution is -2.49. The third-order valence-corrected chi connectivity index (χ3v) is 3.63. The first-order valence-electron chi connectivity index (χ1n) is 7.49. The number of piperazine rings is 1. The number of carbonyl (C=O) groups is 2. The van der Waals surface area contributed by atoms with Gasteiger partial charge in [-0.3, -0.25) is 0 Å². The fourth-order valence-electron chi connectivity index (χ4n) is 2.21. The number of carbonyl (C=O) groups excluding carboxylic acids is 1. The monoisotopic (exact) mass is 335 g/mol. The zero-order valence-corrected chi connectivity index (χ0v) is 13.5. The van der Waals surface area contributed by atoms with Crippen LogP contribution in [0.2, 0.25) is 0 Å². The summed E-state index contributed by atoms with van der Waals surface area (Å²) in [5.41, 5.74) is 5.86. The van der Waals surface area contributed by atoms with Crippen LogP contribution in [0.5, 0.6) is 11.5 Å². The van der Waals surface area contributed by atoms with E-state index < -0.39 is 5.97 Å². The molecule has 0 atom stereocenters. The highest BCUT2D eigenvalue weighted by atomic mass is 16.7. The molecular formula is C16H21N3O5. The standard InChI is InChI=1S/C10H8O4.C6H13N3O/c11-10(12)4-2-7-1-3-8-9(5-7)14-6-13-8;1-8-2-4-9(5-3-8)6(7)10/h1-5H,6H2,(H,11,12);2-5H2,1H3,(H2,7,10)/b4-2+;. The van der Waals surface area contributed by atoms with E-state index in [2.05, 4.69) is 4.90 Å². The Balaban J connectivity index is 0.000000185. The summed E-state index contributed by atoms with van der Waals surface area (Å²) in [4.78, 5) is 24.7. The first kappa shape index (κ1) is 17.6. The van der Waals surface area contributed by atoms with Gasteiger partial charge in [-0.15, -0.1) is 0 Å². The van der Waals surface area contributed by atoms with Crippen LogP contribution in [0.3, 0.4) is 0 Å². The Kier molecular flexibility index (Phi) is 6.02. The molecular weight excluding hydrogens is 314 g/mol. The Hall–Kier alpha value is -2.74.